The standard InChI is InChI=1S/C14H22BrN3O/c1-4-18(9-14(16)19)13-6-5-12(15)7-11(13)8-17-10(2)3/h5-7,10,17H,4,8-9H2,1-3H3,(H2,16,19). The van der Waals surface area contributed by atoms with Crippen LogP contribution < -0.4 is 16.0 Å². The molecule has 0 spiro atoms. The average Bonchev–Trinajstić information content (AvgIpc) is 2.33. The number of nitrogens with zero attached hydrogens (tertiary/aromatic N) is 1. The number of hydrogen-bond donors (Lipinski definition) is 2. The molecule has 0 unspecified atom stereocenters. The SMILES string of the molecule is CCN(CC(N)=O)c1ccc(Br)cc1CNC(C)C. The molecule has 1 aromatic carbocycles. The molecule has 0 saturated carbocycles. The Morgan fingerprint density at radius 2 is 2.16 bits per heavy atom. The molecule has 0 radical (unpaired) electrons. The van der Waals surface area contributed by atoms with Crippen LogP contribution in [0.2, 0.25) is 0 Å². The third-order valence-electron chi connectivity index (χ3n) is 2.81. The van der Waals surface area contributed by atoms with E-state index in [2.05, 4.69) is 41.2 Å². The summed E-state index contributed by atoms with van der Waals surface area (Å²) in [6, 6.07) is 6.50. The molecule has 0 atom stereocenters. The van der Waals surface area contributed by atoms with Crippen molar-refractivity contribution in [2.45, 2.75) is 33.4 Å². The molecule has 1 amide bonds. The lowest BCUT2D eigenvalue weighted by molar-refractivity contribution is -0.116. The van der Waals surface area contributed by atoms with E-state index in [1.165, 1.54) is 0 Å². The molecule has 4 nitrogen and oxygen atoms in total. The zero-order chi connectivity index (χ0) is 14.4. The second kappa shape index (κ2) is 7.50. The van der Waals surface area contributed by atoms with Crippen molar-refractivity contribution in [1.29, 1.82) is 0 Å². The summed E-state index contributed by atoms with van der Waals surface area (Å²) < 4.78 is 1.03. The third-order valence-corrected chi connectivity index (χ3v) is 3.30. The first-order chi connectivity index (χ1) is 8.93. The van der Waals surface area contributed by atoms with E-state index in [1.807, 2.05) is 24.0 Å². The first kappa shape index (κ1) is 16.0. The molecule has 0 aliphatic carbocycles. The van der Waals surface area contributed by atoms with E-state index in [9.17, 15) is 4.79 Å². The number of nitrogens with two attached hydrogens (primary N) is 1. The zero-order valence-corrected chi connectivity index (χ0v) is 13.3. The van der Waals surface area contributed by atoms with Crippen LogP contribution >= 0.6 is 15.9 Å². The fraction of sp³-hybridized carbons (Fsp3) is 0.500. The maximum Gasteiger partial charge on any atom is 0.236 e. The van der Waals surface area contributed by atoms with Crippen LogP contribution in [-0.2, 0) is 11.3 Å². The Bertz CT molecular complexity index is 435. The predicted molar refractivity (Wildman–Crippen MR) is 83.2 cm³/mol. The van der Waals surface area contributed by atoms with Crippen molar-refractivity contribution >= 4 is 27.5 Å². The highest BCUT2D eigenvalue weighted by molar-refractivity contribution is 9.10. The minimum absolute atomic E-state index is 0.243. The van der Waals surface area contributed by atoms with E-state index < -0.39 is 0 Å². The van der Waals surface area contributed by atoms with Gasteiger partial charge in [-0.25, -0.2) is 0 Å². The number of hydrogen-bond acceptors (Lipinski definition) is 3. The summed E-state index contributed by atoms with van der Waals surface area (Å²) in [7, 11) is 0. The van der Waals surface area contributed by atoms with Crippen LogP contribution in [0.15, 0.2) is 22.7 Å². The van der Waals surface area contributed by atoms with Gasteiger partial charge in [-0.1, -0.05) is 29.8 Å². The molecule has 0 bridgehead atoms. The van der Waals surface area contributed by atoms with Crippen molar-refractivity contribution < 1.29 is 4.79 Å². The third kappa shape index (κ3) is 5.20. The van der Waals surface area contributed by atoms with Gasteiger partial charge < -0.3 is 16.0 Å². The van der Waals surface area contributed by atoms with Gasteiger partial charge >= 0.3 is 0 Å². The first-order valence-electron chi connectivity index (χ1n) is 6.49. The van der Waals surface area contributed by atoms with Crippen LogP contribution in [-0.4, -0.2) is 25.0 Å². The van der Waals surface area contributed by atoms with Gasteiger partial charge in [0.05, 0.1) is 6.54 Å². The van der Waals surface area contributed by atoms with Crippen molar-refractivity contribution in [2.75, 3.05) is 18.0 Å². The summed E-state index contributed by atoms with van der Waals surface area (Å²) in [4.78, 5) is 13.1. The molecule has 0 saturated heterocycles. The van der Waals surface area contributed by atoms with E-state index in [1.54, 1.807) is 0 Å². The summed E-state index contributed by atoms with van der Waals surface area (Å²) in [6.45, 7) is 8.00. The molecule has 0 aliphatic heterocycles. The maximum atomic E-state index is 11.1. The van der Waals surface area contributed by atoms with Gasteiger partial charge in [-0.2, -0.15) is 0 Å². The monoisotopic (exact) mass is 327 g/mol. The number of likely N-dealkylation sites (N-methyl/N-ethyl adjacent to an activating group) is 1. The van der Waals surface area contributed by atoms with Crippen LogP contribution in [0.5, 0.6) is 0 Å². The van der Waals surface area contributed by atoms with Gasteiger partial charge in [-0.15, -0.1) is 0 Å². The lowest BCUT2D eigenvalue weighted by Crippen LogP contribution is -2.34. The summed E-state index contributed by atoms with van der Waals surface area (Å²) in [5.74, 6) is -0.312. The number of carbonyl (C=O) groups excluding carboxylic acids is 1. The Kier molecular flexibility index (Phi) is 6.31. The number of carbonyl (C=O) groups is 1. The molecule has 106 valence electrons. The number of anilines is 1. The van der Waals surface area contributed by atoms with Gasteiger partial charge in [0, 0.05) is 29.3 Å². The van der Waals surface area contributed by atoms with Crippen molar-refractivity contribution in [3.8, 4) is 0 Å². The van der Waals surface area contributed by atoms with Gasteiger partial charge in [0.1, 0.15) is 0 Å². The lowest BCUT2D eigenvalue weighted by Gasteiger charge is -2.25. The lowest BCUT2D eigenvalue weighted by atomic mass is 10.1. The molecule has 5 heteroatoms. The second-order valence-corrected chi connectivity index (χ2v) is 5.70. The molecular formula is C14H22BrN3O. The highest BCUT2D eigenvalue weighted by atomic mass is 79.9. The Labute approximate surface area is 123 Å². The van der Waals surface area contributed by atoms with E-state index in [0.29, 0.717) is 6.04 Å². The van der Waals surface area contributed by atoms with E-state index >= 15 is 0 Å². The van der Waals surface area contributed by atoms with Crippen molar-refractivity contribution in [1.82, 2.24) is 5.32 Å². The fourth-order valence-corrected chi connectivity index (χ4v) is 2.28. The number of primary amides is 1. The molecule has 3 N–H and O–H groups in total. The number of rotatable bonds is 7. The summed E-state index contributed by atoms with van der Waals surface area (Å²) in [5.41, 5.74) is 7.51. The van der Waals surface area contributed by atoms with E-state index in [0.717, 1.165) is 28.8 Å². The van der Waals surface area contributed by atoms with Crippen molar-refractivity contribution in [3.63, 3.8) is 0 Å². The predicted octanol–water partition coefficient (Wildman–Crippen LogP) is 2.26. The molecule has 0 aliphatic rings. The Morgan fingerprint density at radius 3 is 2.68 bits per heavy atom. The van der Waals surface area contributed by atoms with Gasteiger partial charge in [-0.3, -0.25) is 4.79 Å². The molecule has 0 aromatic heterocycles. The second-order valence-electron chi connectivity index (χ2n) is 4.79. The van der Waals surface area contributed by atoms with Crippen LogP contribution in [0.3, 0.4) is 0 Å². The smallest absolute Gasteiger partial charge is 0.236 e. The number of amides is 1. The molecular weight excluding hydrogens is 306 g/mol. The quantitative estimate of drug-likeness (QED) is 0.807. The van der Waals surface area contributed by atoms with Crippen LogP contribution in [0, 0.1) is 0 Å². The molecule has 1 rings (SSSR count). The highest BCUT2D eigenvalue weighted by Crippen LogP contribution is 2.24. The minimum Gasteiger partial charge on any atom is -0.368 e. The zero-order valence-electron chi connectivity index (χ0n) is 11.7. The van der Waals surface area contributed by atoms with Crippen LogP contribution in [0.25, 0.3) is 0 Å². The fourth-order valence-electron chi connectivity index (χ4n) is 1.87. The topological polar surface area (TPSA) is 58.4 Å². The molecule has 0 heterocycles. The number of halogens is 1. The van der Waals surface area contributed by atoms with Crippen molar-refractivity contribution in [3.05, 3.63) is 28.2 Å². The largest absolute Gasteiger partial charge is 0.368 e. The molecule has 1 aromatic rings. The minimum atomic E-state index is -0.312. The molecule has 0 fully saturated rings. The normalized spacial score (nSPS) is 10.8. The van der Waals surface area contributed by atoms with Gasteiger partial charge in [0.2, 0.25) is 5.91 Å². The van der Waals surface area contributed by atoms with E-state index in [-0.39, 0.29) is 12.5 Å². The Morgan fingerprint density at radius 1 is 1.47 bits per heavy atom. The molecule has 19 heavy (non-hydrogen) atoms. The number of benzene rings is 1. The van der Waals surface area contributed by atoms with Gasteiger partial charge in [0.25, 0.3) is 0 Å². The maximum absolute atomic E-state index is 11.1. The summed E-state index contributed by atoms with van der Waals surface area (Å²) in [6.07, 6.45) is 0. The Hall–Kier alpha value is -1.07. The first-order valence-corrected chi connectivity index (χ1v) is 7.28. The average molecular weight is 328 g/mol. The van der Waals surface area contributed by atoms with Crippen LogP contribution in [0.1, 0.15) is 26.3 Å². The Balaban J connectivity index is 2.99. The highest BCUT2D eigenvalue weighted by Gasteiger charge is 2.12. The van der Waals surface area contributed by atoms with Crippen LogP contribution in [0.4, 0.5) is 5.69 Å². The number of nitrogens with one attached hydrogen (secondary N) is 1. The van der Waals surface area contributed by atoms with Gasteiger partial charge in [-0.05, 0) is 30.7 Å². The van der Waals surface area contributed by atoms with Gasteiger partial charge in [0.15, 0.2) is 0 Å². The van der Waals surface area contributed by atoms with E-state index in [4.69, 9.17) is 5.73 Å². The summed E-state index contributed by atoms with van der Waals surface area (Å²) in [5, 5.41) is 3.40. The summed E-state index contributed by atoms with van der Waals surface area (Å²) >= 11 is 3.49. The van der Waals surface area contributed by atoms with Crippen molar-refractivity contribution in [2.24, 2.45) is 5.73 Å².